The van der Waals surface area contributed by atoms with Crippen LogP contribution in [-0.2, 0) is 11.3 Å². The van der Waals surface area contributed by atoms with Gasteiger partial charge in [0, 0.05) is 29.3 Å². The molecule has 0 radical (unpaired) electrons. The molecule has 3 rings (SSSR count). The monoisotopic (exact) mass is 352 g/mol. The minimum Gasteiger partial charge on any atom is -0.375 e. The van der Waals surface area contributed by atoms with E-state index in [1.54, 1.807) is 0 Å². The van der Waals surface area contributed by atoms with Crippen LogP contribution >= 0.6 is 15.9 Å². The molecule has 4 heteroatoms. The molecular formula is C17H25BrN2O. The lowest BCUT2D eigenvalue weighted by Crippen LogP contribution is -2.49. The van der Waals surface area contributed by atoms with E-state index in [4.69, 9.17) is 4.74 Å². The molecule has 21 heavy (non-hydrogen) atoms. The molecule has 0 amide bonds. The van der Waals surface area contributed by atoms with Crippen molar-refractivity contribution in [2.24, 2.45) is 0 Å². The summed E-state index contributed by atoms with van der Waals surface area (Å²) in [4.78, 5) is 2.54. The fraction of sp³-hybridized carbons (Fsp3) is 0.647. The number of anilines is 1. The number of rotatable bonds is 5. The predicted octanol–water partition coefficient (Wildman–Crippen LogP) is 3.70. The van der Waals surface area contributed by atoms with Crippen LogP contribution < -0.4 is 10.2 Å². The van der Waals surface area contributed by atoms with Crippen LogP contribution in [0.1, 0.15) is 38.7 Å². The summed E-state index contributed by atoms with van der Waals surface area (Å²) in [7, 11) is 0. The molecule has 2 fully saturated rings. The first-order chi connectivity index (χ1) is 10.2. The van der Waals surface area contributed by atoms with Crippen molar-refractivity contribution in [2.45, 2.75) is 57.8 Å². The topological polar surface area (TPSA) is 24.5 Å². The zero-order valence-corrected chi connectivity index (χ0v) is 14.5. The molecule has 116 valence electrons. The summed E-state index contributed by atoms with van der Waals surface area (Å²) in [5.74, 6) is 0. The summed E-state index contributed by atoms with van der Waals surface area (Å²) >= 11 is 3.63. The van der Waals surface area contributed by atoms with Crippen molar-refractivity contribution in [1.29, 1.82) is 0 Å². The molecule has 3 nitrogen and oxygen atoms in total. The summed E-state index contributed by atoms with van der Waals surface area (Å²) in [6.45, 7) is 7.19. The van der Waals surface area contributed by atoms with Crippen molar-refractivity contribution in [3.05, 3.63) is 28.2 Å². The van der Waals surface area contributed by atoms with E-state index >= 15 is 0 Å². The Labute approximate surface area is 136 Å². The normalized spacial score (nSPS) is 26.1. The van der Waals surface area contributed by atoms with E-state index in [1.807, 2.05) is 0 Å². The maximum atomic E-state index is 5.84. The van der Waals surface area contributed by atoms with Crippen molar-refractivity contribution in [3.63, 3.8) is 0 Å². The Morgan fingerprint density at radius 1 is 1.38 bits per heavy atom. The van der Waals surface area contributed by atoms with Crippen LogP contribution in [0.2, 0.25) is 0 Å². The SMILES string of the molecule is CCC1COC(C)CN1c1cc(Br)ccc1CNC1CC1. The Morgan fingerprint density at radius 2 is 2.19 bits per heavy atom. The molecule has 1 aliphatic carbocycles. The molecule has 2 atom stereocenters. The highest BCUT2D eigenvalue weighted by Gasteiger charge is 2.28. The van der Waals surface area contributed by atoms with Crippen LogP contribution in [0.4, 0.5) is 5.69 Å². The number of nitrogens with zero attached hydrogens (tertiary/aromatic N) is 1. The van der Waals surface area contributed by atoms with Crippen molar-refractivity contribution in [3.8, 4) is 0 Å². The lowest BCUT2D eigenvalue weighted by atomic mass is 10.1. The molecule has 0 spiro atoms. The second-order valence-electron chi connectivity index (χ2n) is 6.29. The van der Waals surface area contributed by atoms with Crippen molar-refractivity contribution < 1.29 is 4.74 Å². The number of benzene rings is 1. The van der Waals surface area contributed by atoms with Gasteiger partial charge in [0.05, 0.1) is 18.8 Å². The van der Waals surface area contributed by atoms with Crippen LogP contribution in [0.5, 0.6) is 0 Å². The largest absolute Gasteiger partial charge is 0.375 e. The number of nitrogens with one attached hydrogen (secondary N) is 1. The summed E-state index contributed by atoms with van der Waals surface area (Å²) < 4.78 is 7.00. The molecule has 1 N–H and O–H groups in total. The number of hydrogen-bond acceptors (Lipinski definition) is 3. The molecule has 1 saturated carbocycles. The molecule has 0 bridgehead atoms. The Morgan fingerprint density at radius 3 is 2.90 bits per heavy atom. The molecule has 2 aliphatic rings. The molecule has 1 aromatic carbocycles. The number of ether oxygens (including phenoxy) is 1. The van der Waals surface area contributed by atoms with Gasteiger partial charge in [-0.1, -0.05) is 28.9 Å². The summed E-state index contributed by atoms with van der Waals surface area (Å²) in [5.41, 5.74) is 2.76. The van der Waals surface area contributed by atoms with Gasteiger partial charge in [0.25, 0.3) is 0 Å². The van der Waals surface area contributed by atoms with Gasteiger partial charge in [-0.05, 0) is 43.9 Å². The van der Waals surface area contributed by atoms with E-state index in [1.165, 1.54) is 24.1 Å². The van der Waals surface area contributed by atoms with Crippen LogP contribution in [0.3, 0.4) is 0 Å². The molecule has 0 aromatic heterocycles. The lowest BCUT2D eigenvalue weighted by Gasteiger charge is -2.41. The van der Waals surface area contributed by atoms with Gasteiger partial charge in [0.2, 0.25) is 0 Å². The molecule has 1 aliphatic heterocycles. The average molecular weight is 353 g/mol. The Balaban J connectivity index is 1.84. The van der Waals surface area contributed by atoms with Crippen LogP contribution in [-0.4, -0.2) is 31.3 Å². The zero-order valence-electron chi connectivity index (χ0n) is 12.9. The van der Waals surface area contributed by atoms with Crippen LogP contribution in [0, 0.1) is 0 Å². The van der Waals surface area contributed by atoms with Gasteiger partial charge in [-0.3, -0.25) is 0 Å². The van der Waals surface area contributed by atoms with E-state index in [2.05, 4.69) is 58.2 Å². The number of morpholine rings is 1. The highest BCUT2D eigenvalue weighted by molar-refractivity contribution is 9.10. The second kappa shape index (κ2) is 6.67. The molecule has 1 heterocycles. The molecule has 1 aromatic rings. The Hall–Kier alpha value is -0.580. The Kier molecular flexibility index (Phi) is 4.87. The third kappa shape index (κ3) is 3.79. The fourth-order valence-corrected chi connectivity index (χ4v) is 3.32. The van der Waals surface area contributed by atoms with E-state index < -0.39 is 0 Å². The van der Waals surface area contributed by atoms with Crippen molar-refractivity contribution >= 4 is 21.6 Å². The van der Waals surface area contributed by atoms with Gasteiger partial charge < -0.3 is 15.0 Å². The quantitative estimate of drug-likeness (QED) is 0.874. The zero-order chi connectivity index (χ0) is 14.8. The maximum Gasteiger partial charge on any atom is 0.0723 e. The van der Waals surface area contributed by atoms with Gasteiger partial charge in [-0.15, -0.1) is 0 Å². The van der Waals surface area contributed by atoms with E-state index in [0.29, 0.717) is 12.1 Å². The van der Waals surface area contributed by atoms with Crippen LogP contribution in [0.25, 0.3) is 0 Å². The predicted molar refractivity (Wildman–Crippen MR) is 90.8 cm³/mol. The summed E-state index contributed by atoms with van der Waals surface area (Å²) in [5, 5.41) is 3.64. The molecular weight excluding hydrogens is 328 g/mol. The van der Waals surface area contributed by atoms with Gasteiger partial charge in [-0.25, -0.2) is 0 Å². The maximum absolute atomic E-state index is 5.84. The van der Waals surface area contributed by atoms with E-state index in [-0.39, 0.29) is 0 Å². The summed E-state index contributed by atoms with van der Waals surface area (Å²) in [6.07, 6.45) is 4.08. The van der Waals surface area contributed by atoms with Crippen molar-refractivity contribution in [1.82, 2.24) is 5.32 Å². The first-order valence-electron chi connectivity index (χ1n) is 8.07. The van der Waals surface area contributed by atoms with Gasteiger partial charge >= 0.3 is 0 Å². The lowest BCUT2D eigenvalue weighted by molar-refractivity contribution is 0.0299. The smallest absolute Gasteiger partial charge is 0.0723 e. The third-order valence-corrected chi connectivity index (χ3v) is 4.95. The van der Waals surface area contributed by atoms with Gasteiger partial charge in [0.15, 0.2) is 0 Å². The van der Waals surface area contributed by atoms with Gasteiger partial charge in [-0.2, -0.15) is 0 Å². The third-order valence-electron chi connectivity index (χ3n) is 4.45. The number of hydrogen-bond donors (Lipinski definition) is 1. The van der Waals surface area contributed by atoms with Gasteiger partial charge in [0.1, 0.15) is 0 Å². The highest BCUT2D eigenvalue weighted by atomic mass is 79.9. The highest BCUT2D eigenvalue weighted by Crippen LogP contribution is 2.31. The van der Waals surface area contributed by atoms with E-state index in [9.17, 15) is 0 Å². The number of halogens is 1. The Bertz CT molecular complexity index is 490. The minimum absolute atomic E-state index is 0.302. The van der Waals surface area contributed by atoms with Crippen molar-refractivity contribution in [2.75, 3.05) is 18.1 Å². The standard InChI is InChI=1S/C17H25BrN2O/c1-3-16-11-21-12(2)10-20(16)17-8-14(18)5-4-13(17)9-19-15-6-7-15/h4-5,8,12,15-16,19H,3,6-7,9-11H2,1-2H3. The second-order valence-corrected chi connectivity index (χ2v) is 7.20. The molecule has 1 saturated heterocycles. The fourth-order valence-electron chi connectivity index (χ4n) is 2.97. The first kappa shape index (κ1) is 15.3. The average Bonchev–Trinajstić information content (AvgIpc) is 3.30. The minimum atomic E-state index is 0.302. The summed E-state index contributed by atoms with van der Waals surface area (Å²) in [6, 6.07) is 7.90. The van der Waals surface area contributed by atoms with Crippen LogP contribution in [0.15, 0.2) is 22.7 Å². The molecule has 2 unspecified atom stereocenters. The first-order valence-corrected chi connectivity index (χ1v) is 8.86. The van der Waals surface area contributed by atoms with E-state index in [0.717, 1.165) is 36.6 Å².